The minimum absolute atomic E-state index is 0.137. The molecule has 0 radical (unpaired) electrons. The van der Waals surface area contributed by atoms with E-state index in [4.69, 9.17) is 9.47 Å². The highest BCUT2D eigenvalue weighted by atomic mass is 32.2. The lowest BCUT2D eigenvalue weighted by atomic mass is 10.2. The number of para-hydroxylation sites is 1. The van der Waals surface area contributed by atoms with Gasteiger partial charge in [-0.3, -0.25) is 4.79 Å². The van der Waals surface area contributed by atoms with Gasteiger partial charge in [-0.05, 0) is 31.2 Å². The van der Waals surface area contributed by atoms with E-state index in [0.29, 0.717) is 22.3 Å². The van der Waals surface area contributed by atoms with Crippen LogP contribution in [-0.4, -0.2) is 35.0 Å². The van der Waals surface area contributed by atoms with Gasteiger partial charge in [-0.1, -0.05) is 23.9 Å². The smallest absolute Gasteiger partial charge is 0.237 e. The minimum Gasteiger partial charge on any atom is -0.454 e. The van der Waals surface area contributed by atoms with Crippen molar-refractivity contribution in [2.24, 2.45) is 0 Å². The molecule has 0 saturated heterocycles. The number of nitrogens with zero attached hydrogens (tertiary/aromatic N) is 2. The second-order valence-electron chi connectivity index (χ2n) is 5.94. The van der Waals surface area contributed by atoms with E-state index in [0.717, 1.165) is 16.7 Å². The number of carbonyl (C=O) groups excluding carboxylic acids is 1. The second-order valence-corrected chi connectivity index (χ2v) is 7.25. The van der Waals surface area contributed by atoms with Crippen molar-refractivity contribution in [3.05, 3.63) is 42.5 Å². The van der Waals surface area contributed by atoms with Gasteiger partial charge < -0.3 is 20.1 Å². The summed E-state index contributed by atoms with van der Waals surface area (Å²) < 4.78 is 10.6. The average molecular weight is 382 g/mol. The molecule has 0 aliphatic carbocycles. The Bertz CT molecular complexity index is 1010. The number of benzene rings is 2. The highest BCUT2D eigenvalue weighted by Crippen LogP contribution is 2.34. The highest BCUT2D eigenvalue weighted by molar-refractivity contribution is 8.00. The molecule has 2 N–H and O–H groups in total. The lowest BCUT2D eigenvalue weighted by molar-refractivity contribution is -0.115. The van der Waals surface area contributed by atoms with Crippen LogP contribution in [0.15, 0.2) is 47.6 Å². The van der Waals surface area contributed by atoms with Gasteiger partial charge in [0.2, 0.25) is 12.7 Å². The van der Waals surface area contributed by atoms with Crippen molar-refractivity contribution < 1.29 is 14.3 Å². The number of hydrogen-bond donors (Lipinski definition) is 2. The number of anilines is 2. The summed E-state index contributed by atoms with van der Waals surface area (Å²) in [6.07, 6.45) is 0. The molecule has 0 fully saturated rings. The van der Waals surface area contributed by atoms with Crippen LogP contribution in [0, 0.1) is 0 Å². The van der Waals surface area contributed by atoms with Crippen LogP contribution in [0.2, 0.25) is 0 Å². The third-order valence-corrected chi connectivity index (χ3v) is 5.07. The van der Waals surface area contributed by atoms with Gasteiger partial charge >= 0.3 is 0 Å². The summed E-state index contributed by atoms with van der Waals surface area (Å²) >= 11 is 1.31. The van der Waals surface area contributed by atoms with E-state index in [2.05, 4.69) is 20.6 Å². The normalized spacial score (nSPS) is 13.4. The van der Waals surface area contributed by atoms with Crippen molar-refractivity contribution in [1.29, 1.82) is 0 Å². The van der Waals surface area contributed by atoms with Crippen LogP contribution in [0.4, 0.5) is 11.5 Å². The van der Waals surface area contributed by atoms with Gasteiger partial charge in [-0.2, -0.15) is 0 Å². The zero-order valence-electron chi connectivity index (χ0n) is 14.9. The third-order valence-electron chi connectivity index (χ3n) is 4.11. The lowest BCUT2D eigenvalue weighted by Gasteiger charge is -2.13. The van der Waals surface area contributed by atoms with Crippen LogP contribution in [0.25, 0.3) is 10.9 Å². The molecule has 0 spiro atoms. The summed E-state index contributed by atoms with van der Waals surface area (Å²) in [5.41, 5.74) is 1.50. The Labute approximate surface area is 160 Å². The standard InChI is InChI=1S/C19H18N4O3S/c1-11(18(24)21-12-7-8-15-16(9-12)26-10-25-15)27-19-22-14-6-4-3-5-13(14)17(20-2)23-19/h3-9,11H,10H2,1-2H3,(H,21,24)(H,20,22,23). The van der Waals surface area contributed by atoms with Crippen molar-refractivity contribution >= 4 is 40.1 Å². The van der Waals surface area contributed by atoms with Gasteiger partial charge in [0.15, 0.2) is 16.7 Å². The van der Waals surface area contributed by atoms with Crippen LogP contribution in [-0.2, 0) is 4.79 Å². The maximum Gasteiger partial charge on any atom is 0.237 e. The molecule has 138 valence electrons. The lowest BCUT2D eigenvalue weighted by Crippen LogP contribution is -2.22. The molecule has 1 aliphatic rings. The molecule has 3 aromatic rings. The maximum atomic E-state index is 12.6. The first-order valence-electron chi connectivity index (χ1n) is 8.46. The summed E-state index contributed by atoms with van der Waals surface area (Å²) in [7, 11) is 1.82. The van der Waals surface area contributed by atoms with E-state index in [1.54, 1.807) is 18.2 Å². The van der Waals surface area contributed by atoms with Gasteiger partial charge in [-0.25, -0.2) is 9.97 Å². The summed E-state index contributed by atoms with van der Waals surface area (Å²) in [5, 5.41) is 7.10. The summed E-state index contributed by atoms with van der Waals surface area (Å²) in [4.78, 5) is 21.6. The molecule has 27 heavy (non-hydrogen) atoms. The predicted molar refractivity (Wildman–Crippen MR) is 106 cm³/mol. The number of rotatable bonds is 5. The highest BCUT2D eigenvalue weighted by Gasteiger charge is 2.19. The van der Waals surface area contributed by atoms with Gasteiger partial charge in [-0.15, -0.1) is 0 Å². The van der Waals surface area contributed by atoms with Crippen molar-refractivity contribution in [2.75, 3.05) is 24.5 Å². The van der Waals surface area contributed by atoms with Gasteiger partial charge in [0.25, 0.3) is 0 Å². The largest absolute Gasteiger partial charge is 0.454 e. The first kappa shape index (κ1) is 17.4. The van der Waals surface area contributed by atoms with Gasteiger partial charge in [0.05, 0.1) is 10.8 Å². The number of amides is 1. The Balaban J connectivity index is 1.49. The van der Waals surface area contributed by atoms with Gasteiger partial charge in [0.1, 0.15) is 5.82 Å². The monoisotopic (exact) mass is 382 g/mol. The number of fused-ring (bicyclic) bond motifs is 2. The fourth-order valence-corrected chi connectivity index (χ4v) is 3.51. The molecular formula is C19H18N4O3S. The number of thioether (sulfide) groups is 1. The van der Waals surface area contributed by atoms with Crippen molar-refractivity contribution in [2.45, 2.75) is 17.3 Å². The number of nitrogens with one attached hydrogen (secondary N) is 2. The molecule has 2 aromatic carbocycles. The Morgan fingerprint density at radius 3 is 2.81 bits per heavy atom. The molecule has 4 rings (SSSR count). The van der Waals surface area contributed by atoms with Crippen molar-refractivity contribution in [3.63, 3.8) is 0 Å². The molecule has 8 heteroatoms. The molecular weight excluding hydrogens is 364 g/mol. The Kier molecular flexibility index (Phi) is 4.72. The topological polar surface area (TPSA) is 85.4 Å². The molecule has 2 heterocycles. The Hall–Kier alpha value is -3.00. The van der Waals surface area contributed by atoms with Crippen LogP contribution >= 0.6 is 11.8 Å². The van der Waals surface area contributed by atoms with Crippen LogP contribution < -0.4 is 20.1 Å². The molecule has 1 atom stereocenters. The molecule has 1 aliphatic heterocycles. The molecule has 1 amide bonds. The van der Waals surface area contributed by atoms with Crippen molar-refractivity contribution in [1.82, 2.24) is 9.97 Å². The van der Waals surface area contributed by atoms with E-state index in [1.807, 2.05) is 38.2 Å². The fraction of sp³-hybridized carbons (Fsp3) is 0.211. The molecule has 1 aromatic heterocycles. The summed E-state index contributed by atoms with van der Waals surface area (Å²) in [6.45, 7) is 2.02. The quantitative estimate of drug-likeness (QED) is 0.516. The van der Waals surface area contributed by atoms with Crippen LogP contribution in [0.5, 0.6) is 11.5 Å². The second kappa shape index (κ2) is 7.32. The molecule has 0 bridgehead atoms. The summed E-state index contributed by atoms with van der Waals surface area (Å²) in [5.74, 6) is 1.91. The fourth-order valence-electron chi connectivity index (χ4n) is 2.73. The zero-order chi connectivity index (χ0) is 18.8. The number of ether oxygens (including phenoxy) is 2. The first-order chi connectivity index (χ1) is 13.1. The molecule has 1 unspecified atom stereocenters. The number of hydrogen-bond acceptors (Lipinski definition) is 7. The van der Waals surface area contributed by atoms with E-state index in [1.165, 1.54) is 11.8 Å². The van der Waals surface area contributed by atoms with E-state index in [9.17, 15) is 4.79 Å². The zero-order valence-corrected chi connectivity index (χ0v) is 15.7. The van der Waals surface area contributed by atoms with E-state index >= 15 is 0 Å². The predicted octanol–water partition coefficient (Wildman–Crippen LogP) is 3.52. The molecule has 0 saturated carbocycles. The number of aromatic nitrogens is 2. The summed E-state index contributed by atoms with van der Waals surface area (Å²) in [6, 6.07) is 13.1. The third kappa shape index (κ3) is 3.61. The minimum atomic E-state index is -0.374. The van der Waals surface area contributed by atoms with E-state index < -0.39 is 0 Å². The molecule has 7 nitrogen and oxygen atoms in total. The average Bonchev–Trinajstić information content (AvgIpc) is 3.15. The first-order valence-corrected chi connectivity index (χ1v) is 9.34. The van der Waals surface area contributed by atoms with E-state index in [-0.39, 0.29) is 18.0 Å². The van der Waals surface area contributed by atoms with Gasteiger partial charge in [0, 0.05) is 24.2 Å². The van der Waals surface area contributed by atoms with Crippen LogP contribution in [0.1, 0.15) is 6.92 Å². The SMILES string of the molecule is CNc1nc(SC(C)C(=O)Nc2ccc3c(c2)OCO3)nc2ccccc12. The van der Waals surface area contributed by atoms with Crippen LogP contribution in [0.3, 0.4) is 0 Å². The number of carbonyl (C=O) groups is 1. The Morgan fingerprint density at radius 1 is 1.15 bits per heavy atom. The Morgan fingerprint density at radius 2 is 1.96 bits per heavy atom. The van der Waals surface area contributed by atoms with Crippen molar-refractivity contribution in [3.8, 4) is 11.5 Å². The maximum absolute atomic E-state index is 12.6.